The van der Waals surface area contributed by atoms with Gasteiger partial charge in [0.2, 0.25) is 0 Å². The largest absolute Gasteiger partial charge is 0.339 e. The molecule has 1 aliphatic heterocycles. The maximum Gasteiger partial charge on any atom is 0.261 e. The molecular weight excluding hydrogens is 464 g/mol. The van der Waals surface area contributed by atoms with Crippen LogP contribution in [0, 0.1) is 6.92 Å². The summed E-state index contributed by atoms with van der Waals surface area (Å²) < 4.78 is 2.88. The van der Waals surface area contributed by atoms with Crippen LogP contribution in [0.4, 0.5) is 11.5 Å². The number of halogens is 1. The Morgan fingerprint density at radius 1 is 1.00 bits per heavy atom. The van der Waals surface area contributed by atoms with Crippen LogP contribution < -0.4 is 10.6 Å². The van der Waals surface area contributed by atoms with Crippen molar-refractivity contribution in [2.45, 2.75) is 13.0 Å². The zero-order valence-corrected chi connectivity index (χ0v) is 19.0. The number of carbonyl (C=O) groups excluding carboxylic acids is 1. The number of hydrogen-bond acceptors (Lipinski definition) is 3. The highest BCUT2D eigenvalue weighted by Gasteiger charge is 2.27. The zero-order chi connectivity index (χ0) is 22.1. The topological polar surface area (TPSA) is 59.0 Å². The summed E-state index contributed by atoms with van der Waals surface area (Å²) >= 11 is 3.50. The van der Waals surface area contributed by atoms with Crippen LogP contribution >= 0.6 is 15.9 Å². The minimum atomic E-state index is -0.202. The van der Waals surface area contributed by atoms with Crippen LogP contribution in [0.3, 0.4) is 0 Å². The number of nitrogens with zero attached hydrogens (tertiary/aromatic N) is 2. The molecule has 1 aromatic heterocycles. The first-order valence-electron chi connectivity index (χ1n) is 10.3. The maximum atomic E-state index is 13.1. The van der Waals surface area contributed by atoms with Gasteiger partial charge in [0.15, 0.2) is 0 Å². The van der Waals surface area contributed by atoms with E-state index in [1.54, 1.807) is 6.20 Å². The summed E-state index contributed by atoms with van der Waals surface area (Å²) in [5.41, 5.74) is 5.45. The Balaban J connectivity index is 1.54. The number of aromatic nitrogens is 2. The predicted octanol–water partition coefficient (Wildman–Crippen LogP) is 6.26. The summed E-state index contributed by atoms with van der Waals surface area (Å²) in [5.74, 6) is 0.468. The van der Waals surface area contributed by atoms with Crippen LogP contribution in [0.15, 0.2) is 95.6 Å². The zero-order valence-electron chi connectivity index (χ0n) is 17.4. The average Bonchev–Trinajstić information content (AvgIpc) is 3.25. The van der Waals surface area contributed by atoms with Crippen molar-refractivity contribution >= 4 is 39.0 Å². The molecular formula is C26H21BrN4O. The molecule has 0 radical (unpaired) electrons. The summed E-state index contributed by atoms with van der Waals surface area (Å²) in [5, 5.41) is 11.0. The highest BCUT2D eigenvalue weighted by Crippen LogP contribution is 2.35. The minimum Gasteiger partial charge on any atom is -0.339 e. The molecule has 0 spiro atoms. The van der Waals surface area contributed by atoms with Gasteiger partial charge in [0.25, 0.3) is 5.91 Å². The number of carbonyl (C=O) groups is 1. The van der Waals surface area contributed by atoms with Gasteiger partial charge >= 0.3 is 0 Å². The van der Waals surface area contributed by atoms with Crippen LogP contribution in [0.2, 0.25) is 0 Å². The molecule has 1 atom stereocenters. The molecule has 6 heteroatoms. The first-order chi connectivity index (χ1) is 15.6. The fraction of sp³-hybridized carbons (Fsp3) is 0.0769. The molecule has 3 aromatic carbocycles. The van der Waals surface area contributed by atoms with E-state index in [0.29, 0.717) is 11.4 Å². The number of anilines is 2. The number of hydrogen-bond donors (Lipinski definition) is 2. The van der Waals surface area contributed by atoms with Gasteiger partial charge in [-0.25, -0.2) is 4.68 Å². The Labute approximate surface area is 194 Å². The molecule has 0 saturated heterocycles. The minimum absolute atomic E-state index is 0.132. The first-order valence-corrected chi connectivity index (χ1v) is 11.1. The Bertz CT molecular complexity index is 1290. The summed E-state index contributed by atoms with van der Waals surface area (Å²) in [7, 11) is 0. The van der Waals surface area contributed by atoms with E-state index in [-0.39, 0.29) is 11.9 Å². The third-order valence-corrected chi connectivity index (χ3v) is 6.02. The molecule has 32 heavy (non-hydrogen) atoms. The van der Waals surface area contributed by atoms with E-state index in [1.807, 2.05) is 78.3 Å². The van der Waals surface area contributed by atoms with Gasteiger partial charge < -0.3 is 10.6 Å². The van der Waals surface area contributed by atoms with Crippen LogP contribution in [0.1, 0.15) is 33.1 Å². The second kappa shape index (κ2) is 8.48. The number of amides is 1. The fourth-order valence-corrected chi connectivity index (χ4v) is 4.05. The summed E-state index contributed by atoms with van der Waals surface area (Å²) in [4.78, 5) is 13.1. The molecule has 1 amide bonds. The van der Waals surface area contributed by atoms with E-state index >= 15 is 0 Å². The van der Waals surface area contributed by atoms with E-state index < -0.39 is 0 Å². The Morgan fingerprint density at radius 3 is 2.44 bits per heavy atom. The molecule has 5 rings (SSSR count). The van der Waals surface area contributed by atoms with Crippen molar-refractivity contribution in [3.63, 3.8) is 0 Å². The normalized spacial score (nSPS) is 14.8. The monoisotopic (exact) mass is 484 g/mol. The van der Waals surface area contributed by atoms with Gasteiger partial charge in [-0.05, 0) is 48.4 Å². The van der Waals surface area contributed by atoms with Crippen LogP contribution in [-0.2, 0) is 0 Å². The third kappa shape index (κ3) is 3.97. The molecule has 0 bridgehead atoms. The lowest BCUT2D eigenvalue weighted by Crippen LogP contribution is -2.22. The van der Waals surface area contributed by atoms with Crippen LogP contribution in [0.25, 0.3) is 5.70 Å². The summed E-state index contributed by atoms with van der Waals surface area (Å²) in [6, 6.07) is 25.9. The molecule has 0 saturated carbocycles. The van der Waals surface area contributed by atoms with Crippen molar-refractivity contribution in [1.29, 1.82) is 0 Å². The molecule has 2 N–H and O–H groups in total. The number of fused-ring (bicyclic) bond motifs is 1. The SMILES string of the molecule is Cc1ccc(NC(=O)c2cnn3c2NC(c2ccc(Br)cc2)=C[C@@H]3c2ccccc2)cc1. The number of allylic oxidation sites excluding steroid dienone is 1. The van der Waals surface area contributed by atoms with Crippen LogP contribution in [0.5, 0.6) is 0 Å². The van der Waals surface area contributed by atoms with E-state index in [1.165, 1.54) is 0 Å². The van der Waals surface area contributed by atoms with E-state index in [4.69, 9.17) is 0 Å². The second-order valence-corrected chi connectivity index (χ2v) is 8.66. The van der Waals surface area contributed by atoms with Crippen molar-refractivity contribution in [3.8, 4) is 0 Å². The smallest absolute Gasteiger partial charge is 0.261 e. The predicted molar refractivity (Wildman–Crippen MR) is 132 cm³/mol. The molecule has 5 nitrogen and oxygen atoms in total. The highest BCUT2D eigenvalue weighted by atomic mass is 79.9. The van der Waals surface area contributed by atoms with Crippen LogP contribution in [-0.4, -0.2) is 15.7 Å². The summed E-state index contributed by atoms with van der Waals surface area (Å²) in [6.45, 7) is 2.02. The van der Waals surface area contributed by atoms with E-state index in [2.05, 4.69) is 49.9 Å². The van der Waals surface area contributed by atoms with Crippen molar-refractivity contribution < 1.29 is 4.79 Å². The maximum absolute atomic E-state index is 13.1. The number of nitrogens with one attached hydrogen (secondary N) is 2. The summed E-state index contributed by atoms with van der Waals surface area (Å²) in [6.07, 6.45) is 3.76. The number of rotatable bonds is 4. The standard InChI is InChI=1S/C26H21BrN4O/c1-17-7-13-21(14-8-17)29-26(32)22-16-28-31-24(19-5-3-2-4-6-19)15-23(30-25(22)31)18-9-11-20(27)12-10-18/h2-16,24,30H,1H3,(H,29,32)/t24-/m1/s1. The van der Waals surface area contributed by atoms with Crippen molar-refractivity contribution in [2.75, 3.05) is 10.6 Å². The molecule has 158 valence electrons. The van der Waals surface area contributed by atoms with Crippen molar-refractivity contribution in [3.05, 3.63) is 118 Å². The van der Waals surface area contributed by atoms with Gasteiger partial charge in [0, 0.05) is 15.9 Å². The van der Waals surface area contributed by atoms with Crippen molar-refractivity contribution in [1.82, 2.24) is 9.78 Å². The Hall–Kier alpha value is -3.64. The highest BCUT2D eigenvalue weighted by molar-refractivity contribution is 9.10. The lowest BCUT2D eigenvalue weighted by molar-refractivity contribution is 0.102. The van der Waals surface area contributed by atoms with Gasteiger partial charge in [0.05, 0.1) is 12.2 Å². The lowest BCUT2D eigenvalue weighted by Gasteiger charge is -2.26. The lowest BCUT2D eigenvalue weighted by atomic mass is 10.0. The average molecular weight is 485 g/mol. The first kappa shape index (κ1) is 20.3. The fourth-order valence-electron chi connectivity index (χ4n) is 3.78. The molecule has 0 unspecified atom stereocenters. The molecule has 1 aliphatic rings. The van der Waals surface area contributed by atoms with Gasteiger partial charge in [-0.15, -0.1) is 0 Å². The van der Waals surface area contributed by atoms with Gasteiger partial charge in [-0.1, -0.05) is 76.1 Å². The van der Waals surface area contributed by atoms with Gasteiger partial charge in [-0.2, -0.15) is 5.10 Å². The van der Waals surface area contributed by atoms with Gasteiger partial charge in [-0.3, -0.25) is 4.79 Å². The quantitative estimate of drug-likeness (QED) is 0.359. The number of benzene rings is 3. The van der Waals surface area contributed by atoms with Gasteiger partial charge in [0.1, 0.15) is 11.4 Å². The van der Waals surface area contributed by atoms with E-state index in [9.17, 15) is 4.79 Å². The second-order valence-electron chi connectivity index (χ2n) is 7.74. The molecule has 0 fully saturated rings. The number of aryl methyl sites for hydroxylation is 1. The Kier molecular flexibility index (Phi) is 5.37. The Morgan fingerprint density at radius 2 is 1.72 bits per heavy atom. The van der Waals surface area contributed by atoms with Crippen molar-refractivity contribution in [2.24, 2.45) is 0 Å². The molecule has 2 heterocycles. The van der Waals surface area contributed by atoms with E-state index in [0.717, 1.165) is 32.5 Å². The molecule has 0 aliphatic carbocycles. The molecule has 4 aromatic rings. The third-order valence-electron chi connectivity index (χ3n) is 5.49.